The van der Waals surface area contributed by atoms with E-state index in [9.17, 15) is 14.9 Å². The molecule has 0 unspecified atom stereocenters. The van der Waals surface area contributed by atoms with E-state index in [0.29, 0.717) is 10.3 Å². The average Bonchev–Trinajstić information content (AvgIpc) is 2.99. The van der Waals surface area contributed by atoms with Crippen molar-refractivity contribution < 1.29 is 9.72 Å². The third-order valence-electron chi connectivity index (χ3n) is 3.18. The minimum Gasteiger partial charge on any atom is -0.266 e. The number of nitro groups is 1. The molecule has 3 rings (SSSR count). The molecule has 0 bridgehead atoms. The van der Waals surface area contributed by atoms with E-state index >= 15 is 0 Å². The Bertz CT molecular complexity index is 951. The highest BCUT2D eigenvalue weighted by Crippen LogP contribution is 2.28. The van der Waals surface area contributed by atoms with Gasteiger partial charge in [-0.15, -0.1) is 11.3 Å². The van der Waals surface area contributed by atoms with Crippen LogP contribution in [0.5, 0.6) is 0 Å². The van der Waals surface area contributed by atoms with Crippen molar-refractivity contribution >= 4 is 55.2 Å². The predicted octanol–water partition coefficient (Wildman–Crippen LogP) is 4.34. The Balaban J connectivity index is 1.73. The fourth-order valence-electron chi connectivity index (χ4n) is 2.03. The predicted molar refractivity (Wildman–Crippen MR) is 97.7 cm³/mol. The molecule has 6 nitrogen and oxygen atoms in total. The lowest BCUT2D eigenvalue weighted by molar-refractivity contribution is -0.384. The second-order valence-electron chi connectivity index (χ2n) is 4.84. The molecule has 24 heavy (non-hydrogen) atoms. The number of hydrogen-bond acceptors (Lipinski definition) is 5. The third kappa shape index (κ3) is 3.66. The summed E-state index contributed by atoms with van der Waals surface area (Å²) in [6.07, 6.45) is 1.54. The molecule has 0 atom stereocenters. The minimum atomic E-state index is -0.459. The Morgan fingerprint density at radius 2 is 1.96 bits per heavy atom. The SMILES string of the molecule is O=C(N/N=C\c1ccc(Br)cc1)c1cc2cc([N+](=O)[O-])ccc2s1. The summed E-state index contributed by atoms with van der Waals surface area (Å²) in [5, 5.41) is 15.4. The summed E-state index contributed by atoms with van der Waals surface area (Å²) < 4.78 is 1.77. The highest BCUT2D eigenvalue weighted by Gasteiger charge is 2.12. The standard InChI is InChI=1S/C16H10BrN3O3S/c17-12-3-1-10(2-4-12)9-18-19-16(21)15-8-11-7-13(20(22)23)5-6-14(11)24-15/h1-9H,(H,19,21)/b18-9-. The highest BCUT2D eigenvalue weighted by molar-refractivity contribution is 9.10. The zero-order valence-electron chi connectivity index (χ0n) is 12.1. The van der Waals surface area contributed by atoms with Crippen LogP contribution in [0.1, 0.15) is 15.2 Å². The maximum Gasteiger partial charge on any atom is 0.281 e. The molecule has 1 aromatic heterocycles. The molecule has 0 aliphatic heterocycles. The van der Waals surface area contributed by atoms with Crippen LogP contribution < -0.4 is 5.43 Å². The van der Waals surface area contributed by atoms with Crippen molar-refractivity contribution in [3.05, 3.63) is 73.6 Å². The fourth-order valence-corrected chi connectivity index (χ4v) is 3.22. The van der Waals surface area contributed by atoms with Gasteiger partial charge >= 0.3 is 0 Å². The number of benzene rings is 2. The number of carbonyl (C=O) groups is 1. The monoisotopic (exact) mass is 403 g/mol. The molecule has 8 heteroatoms. The molecule has 0 fully saturated rings. The molecule has 120 valence electrons. The minimum absolute atomic E-state index is 0.000479. The number of thiophene rings is 1. The first-order chi connectivity index (χ1) is 11.5. The number of fused-ring (bicyclic) bond motifs is 1. The number of hydrazone groups is 1. The van der Waals surface area contributed by atoms with Gasteiger partial charge in [0.05, 0.1) is 16.0 Å². The number of nitrogens with zero attached hydrogens (tertiary/aromatic N) is 2. The Morgan fingerprint density at radius 1 is 1.21 bits per heavy atom. The van der Waals surface area contributed by atoms with Gasteiger partial charge in [-0.05, 0) is 29.8 Å². The molecular weight excluding hydrogens is 394 g/mol. The van der Waals surface area contributed by atoms with E-state index in [-0.39, 0.29) is 11.6 Å². The van der Waals surface area contributed by atoms with Gasteiger partial charge < -0.3 is 0 Å². The molecule has 3 aromatic rings. The van der Waals surface area contributed by atoms with E-state index in [1.54, 1.807) is 18.3 Å². The van der Waals surface area contributed by atoms with E-state index in [4.69, 9.17) is 0 Å². The normalized spacial score (nSPS) is 11.0. The number of halogens is 1. The smallest absolute Gasteiger partial charge is 0.266 e. The first kappa shape index (κ1) is 16.3. The molecule has 1 heterocycles. The van der Waals surface area contributed by atoms with E-state index in [1.807, 2.05) is 24.3 Å². The molecule has 0 saturated carbocycles. The van der Waals surface area contributed by atoms with Gasteiger partial charge in [-0.25, -0.2) is 5.43 Å². The summed E-state index contributed by atoms with van der Waals surface area (Å²) in [4.78, 5) is 22.9. The average molecular weight is 404 g/mol. The van der Waals surface area contributed by atoms with Gasteiger partial charge in [-0.3, -0.25) is 14.9 Å². The Kier molecular flexibility index (Phi) is 4.68. The lowest BCUT2D eigenvalue weighted by Gasteiger charge is -1.96. The highest BCUT2D eigenvalue weighted by atomic mass is 79.9. The van der Waals surface area contributed by atoms with Crippen LogP contribution in [-0.2, 0) is 0 Å². The second-order valence-corrected chi connectivity index (χ2v) is 6.84. The Labute approximate surface area is 149 Å². The van der Waals surface area contributed by atoms with Gasteiger partial charge in [-0.2, -0.15) is 5.10 Å². The summed E-state index contributed by atoms with van der Waals surface area (Å²) in [5.41, 5.74) is 3.31. The van der Waals surface area contributed by atoms with Crippen molar-refractivity contribution in [2.24, 2.45) is 5.10 Å². The van der Waals surface area contributed by atoms with Crippen LogP contribution in [-0.4, -0.2) is 17.0 Å². The largest absolute Gasteiger partial charge is 0.281 e. The summed E-state index contributed by atoms with van der Waals surface area (Å²) >= 11 is 4.60. The molecule has 0 aliphatic carbocycles. The lowest BCUT2D eigenvalue weighted by atomic mass is 10.2. The molecule has 0 aliphatic rings. The van der Waals surface area contributed by atoms with E-state index in [0.717, 1.165) is 14.7 Å². The summed E-state index contributed by atoms with van der Waals surface area (Å²) in [6, 6.07) is 13.6. The van der Waals surface area contributed by atoms with Crippen LogP contribution >= 0.6 is 27.3 Å². The van der Waals surface area contributed by atoms with Gasteiger partial charge in [0.15, 0.2) is 0 Å². The molecular formula is C16H10BrN3O3S. The molecule has 0 radical (unpaired) electrons. The summed E-state index contributed by atoms with van der Waals surface area (Å²) in [7, 11) is 0. The molecule has 1 N–H and O–H groups in total. The summed E-state index contributed by atoms with van der Waals surface area (Å²) in [6.45, 7) is 0. The first-order valence-electron chi connectivity index (χ1n) is 6.80. The van der Waals surface area contributed by atoms with Crippen LogP contribution in [0.4, 0.5) is 5.69 Å². The number of rotatable bonds is 4. The first-order valence-corrected chi connectivity index (χ1v) is 8.41. The topological polar surface area (TPSA) is 84.6 Å². The van der Waals surface area contributed by atoms with Gasteiger partial charge in [0.2, 0.25) is 0 Å². The van der Waals surface area contributed by atoms with E-state index < -0.39 is 4.92 Å². The zero-order valence-corrected chi connectivity index (χ0v) is 14.5. The number of nitro benzene ring substituents is 1. The summed E-state index contributed by atoms with van der Waals surface area (Å²) in [5.74, 6) is -0.354. The number of amides is 1. The second kappa shape index (κ2) is 6.90. The van der Waals surface area contributed by atoms with Crippen LogP contribution in [0.3, 0.4) is 0 Å². The lowest BCUT2D eigenvalue weighted by Crippen LogP contribution is -2.16. The van der Waals surface area contributed by atoms with Crippen molar-refractivity contribution in [2.75, 3.05) is 0 Å². The maximum atomic E-state index is 12.1. The van der Waals surface area contributed by atoms with Gasteiger partial charge in [0, 0.05) is 26.7 Å². The van der Waals surface area contributed by atoms with Crippen LogP contribution in [0.25, 0.3) is 10.1 Å². The van der Waals surface area contributed by atoms with Gasteiger partial charge in [0.25, 0.3) is 11.6 Å². The van der Waals surface area contributed by atoms with Crippen molar-refractivity contribution in [1.29, 1.82) is 0 Å². The van der Waals surface area contributed by atoms with Crippen molar-refractivity contribution in [1.82, 2.24) is 5.43 Å². The molecule has 2 aromatic carbocycles. The van der Waals surface area contributed by atoms with E-state index in [1.165, 1.54) is 23.5 Å². The van der Waals surface area contributed by atoms with E-state index in [2.05, 4.69) is 26.5 Å². The molecule has 0 spiro atoms. The van der Waals surface area contributed by atoms with Crippen molar-refractivity contribution in [3.8, 4) is 0 Å². The van der Waals surface area contributed by atoms with Crippen LogP contribution in [0, 0.1) is 10.1 Å². The van der Waals surface area contributed by atoms with Crippen molar-refractivity contribution in [3.63, 3.8) is 0 Å². The van der Waals surface area contributed by atoms with Gasteiger partial charge in [-0.1, -0.05) is 28.1 Å². The van der Waals surface area contributed by atoms with Crippen LogP contribution in [0.15, 0.2) is 58.1 Å². The number of carbonyl (C=O) groups excluding carboxylic acids is 1. The fraction of sp³-hybridized carbons (Fsp3) is 0. The quantitative estimate of drug-likeness (QED) is 0.399. The van der Waals surface area contributed by atoms with Crippen molar-refractivity contribution in [2.45, 2.75) is 0 Å². The number of non-ortho nitro benzene ring substituents is 1. The number of hydrogen-bond donors (Lipinski definition) is 1. The van der Waals surface area contributed by atoms with Gasteiger partial charge in [0.1, 0.15) is 0 Å². The molecule has 1 amide bonds. The van der Waals surface area contributed by atoms with Crippen LogP contribution in [0.2, 0.25) is 0 Å². The molecule has 0 saturated heterocycles. The number of nitrogens with one attached hydrogen (secondary N) is 1. The Hall–Kier alpha value is -2.58. The zero-order chi connectivity index (χ0) is 17.1. The maximum absolute atomic E-state index is 12.1. The third-order valence-corrected chi connectivity index (χ3v) is 4.83. The Morgan fingerprint density at radius 3 is 2.67 bits per heavy atom.